The van der Waals surface area contributed by atoms with Crippen molar-refractivity contribution in [2.24, 2.45) is 5.73 Å². The van der Waals surface area contributed by atoms with Crippen molar-refractivity contribution < 1.29 is 9.47 Å². The Bertz CT molecular complexity index is 558. The van der Waals surface area contributed by atoms with Crippen LogP contribution in [0.5, 0.6) is 11.5 Å². The summed E-state index contributed by atoms with van der Waals surface area (Å²) in [7, 11) is 3.27. The molecule has 0 aliphatic rings. The number of benzene rings is 1. The van der Waals surface area contributed by atoms with Crippen LogP contribution in [0.3, 0.4) is 0 Å². The summed E-state index contributed by atoms with van der Waals surface area (Å²) in [5.41, 5.74) is 8.30. The standard InChI is InChI=1S/C16H20N2O2/c1-11(14-6-4-5-9-18-14)16(17)13-8-7-12(19-2)10-15(13)20-3/h4-11,16H,17H2,1-3H3. The lowest BCUT2D eigenvalue weighted by Crippen LogP contribution is -2.19. The highest BCUT2D eigenvalue weighted by Crippen LogP contribution is 2.35. The average molecular weight is 272 g/mol. The van der Waals surface area contributed by atoms with Gasteiger partial charge in [0.15, 0.2) is 0 Å². The highest BCUT2D eigenvalue weighted by atomic mass is 16.5. The molecular weight excluding hydrogens is 252 g/mol. The molecule has 0 radical (unpaired) electrons. The SMILES string of the molecule is COc1ccc(C(N)C(C)c2ccccn2)c(OC)c1. The molecule has 0 saturated carbocycles. The van der Waals surface area contributed by atoms with Gasteiger partial charge in [0.1, 0.15) is 11.5 Å². The van der Waals surface area contributed by atoms with Crippen molar-refractivity contribution in [1.29, 1.82) is 0 Å². The molecule has 4 nitrogen and oxygen atoms in total. The number of nitrogens with two attached hydrogens (primary N) is 1. The van der Waals surface area contributed by atoms with E-state index in [4.69, 9.17) is 15.2 Å². The molecule has 0 fully saturated rings. The van der Waals surface area contributed by atoms with Crippen molar-refractivity contribution in [2.75, 3.05) is 14.2 Å². The van der Waals surface area contributed by atoms with Crippen LogP contribution < -0.4 is 15.2 Å². The first kappa shape index (κ1) is 14.3. The van der Waals surface area contributed by atoms with Crippen molar-refractivity contribution >= 4 is 0 Å². The van der Waals surface area contributed by atoms with Crippen LogP contribution >= 0.6 is 0 Å². The minimum Gasteiger partial charge on any atom is -0.497 e. The molecule has 2 atom stereocenters. The molecule has 20 heavy (non-hydrogen) atoms. The first-order chi connectivity index (χ1) is 9.67. The molecule has 2 aromatic rings. The average Bonchev–Trinajstić information content (AvgIpc) is 2.53. The maximum absolute atomic E-state index is 6.38. The van der Waals surface area contributed by atoms with E-state index in [1.165, 1.54) is 0 Å². The Kier molecular flexibility index (Phi) is 4.58. The molecule has 0 spiro atoms. The number of ether oxygens (including phenoxy) is 2. The van der Waals surface area contributed by atoms with Gasteiger partial charge in [0, 0.05) is 35.5 Å². The van der Waals surface area contributed by atoms with Crippen LogP contribution in [0.15, 0.2) is 42.6 Å². The lowest BCUT2D eigenvalue weighted by atomic mass is 9.91. The van der Waals surface area contributed by atoms with Gasteiger partial charge in [0.05, 0.1) is 14.2 Å². The van der Waals surface area contributed by atoms with Crippen LogP contribution in [0.4, 0.5) is 0 Å². The zero-order valence-corrected chi connectivity index (χ0v) is 12.0. The number of nitrogens with zero attached hydrogens (tertiary/aromatic N) is 1. The van der Waals surface area contributed by atoms with Crippen molar-refractivity contribution in [1.82, 2.24) is 4.98 Å². The molecule has 0 bridgehead atoms. The van der Waals surface area contributed by atoms with E-state index in [1.807, 2.05) is 36.4 Å². The molecule has 0 saturated heterocycles. The van der Waals surface area contributed by atoms with Gasteiger partial charge in [0.25, 0.3) is 0 Å². The molecule has 0 amide bonds. The fourth-order valence-corrected chi connectivity index (χ4v) is 2.19. The van der Waals surface area contributed by atoms with E-state index in [9.17, 15) is 0 Å². The highest BCUT2D eigenvalue weighted by molar-refractivity contribution is 5.43. The van der Waals surface area contributed by atoms with E-state index >= 15 is 0 Å². The highest BCUT2D eigenvalue weighted by Gasteiger charge is 2.21. The number of pyridine rings is 1. The number of hydrogen-bond acceptors (Lipinski definition) is 4. The van der Waals surface area contributed by atoms with Crippen molar-refractivity contribution in [3.63, 3.8) is 0 Å². The Balaban J connectivity index is 2.31. The number of aromatic nitrogens is 1. The summed E-state index contributed by atoms with van der Waals surface area (Å²) < 4.78 is 10.6. The van der Waals surface area contributed by atoms with Crippen molar-refractivity contribution in [3.8, 4) is 11.5 Å². The third-order valence-electron chi connectivity index (χ3n) is 3.49. The molecular formula is C16H20N2O2. The lowest BCUT2D eigenvalue weighted by molar-refractivity contribution is 0.386. The second kappa shape index (κ2) is 6.39. The van der Waals surface area contributed by atoms with Gasteiger partial charge in [-0.05, 0) is 18.2 Å². The van der Waals surface area contributed by atoms with Gasteiger partial charge in [-0.25, -0.2) is 0 Å². The summed E-state index contributed by atoms with van der Waals surface area (Å²) in [6, 6.07) is 11.4. The van der Waals surface area contributed by atoms with E-state index in [0.29, 0.717) is 0 Å². The first-order valence-corrected chi connectivity index (χ1v) is 6.55. The Hall–Kier alpha value is -2.07. The quantitative estimate of drug-likeness (QED) is 0.909. The Morgan fingerprint density at radius 2 is 1.90 bits per heavy atom. The maximum Gasteiger partial charge on any atom is 0.127 e. The molecule has 1 aromatic heterocycles. The van der Waals surface area contributed by atoms with Gasteiger partial charge < -0.3 is 15.2 Å². The fourth-order valence-electron chi connectivity index (χ4n) is 2.19. The van der Waals surface area contributed by atoms with Crippen molar-refractivity contribution in [2.45, 2.75) is 18.9 Å². The Morgan fingerprint density at radius 1 is 1.10 bits per heavy atom. The summed E-state index contributed by atoms with van der Waals surface area (Å²) in [4.78, 5) is 4.37. The molecule has 0 aliphatic heterocycles. The zero-order chi connectivity index (χ0) is 14.5. The fraction of sp³-hybridized carbons (Fsp3) is 0.312. The lowest BCUT2D eigenvalue weighted by Gasteiger charge is -2.22. The zero-order valence-electron chi connectivity index (χ0n) is 12.0. The number of methoxy groups -OCH3 is 2. The predicted molar refractivity (Wildman–Crippen MR) is 79.1 cm³/mol. The molecule has 1 heterocycles. The Morgan fingerprint density at radius 3 is 2.50 bits per heavy atom. The smallest absolute Gasteiger partial charge is 0.127 e. The van der Waals surface area contributed by atoms with E-state index in [2.05, 4.69) is 11.9 Å². The number of rotatable bonds is 5. The first-order valence-electron chi connectivity index (χ1n) is 6.55. The minimum absolute atomic E-state index is 0.0958. The molecule has 2 rings (SSSR count). The monoisotopic (exact) mass is 272 g/mol. The maximum atomic E-state index is 6.38. The Labute approximate surface area is 119 Å². The van der Waals surface area contributed by atoms with E-state index in [-0.39, 0.29) is 12.0 Å². The minimum atomic E-state index is -0.189. The molecule has 2 unspecified atom stereocenters. The molecule has 2 N–H and O–H groups in total. The second-order valence-corrected chi connectivity index (χ2v) is 4.68. The topological polar surface area (TPSA) is 57.4 Å². The van der Waals surface area contributed by atoms with E-state index in [0.717, 1.165) is 22.8 Å². The van der Waals surface area contributed by atoms with Crippen LogP contribution in [0.25, 0.3) is 0 Å². The van der Waals surface area contributed by atoms with Crippen LogP contribution in [0, 0.1) is 0 Å². The van der Waals surface area contributed by atoms with Gasteiger partial charge in [-0.3, -0.25) is 4.98 Å². The molecule has 106 valence electrons. The third kappa shape index (κ3) is 2.91. The molecule has 4 heteroatoms. The van der Waals surface area contributed by atoms with Crippen LogP contribution in [0.1, 0.15) is 30.1 Å². The van der Waals surface area contributed by atoms with Gasteiger partial charge in [-0.15, -0.1) is 0 Å². The summed E-state index contributed by atoms with van der Waals surface area (Å²) in [6.07, 6.45) is 1.78. The second-order valence-electron chi connectivity index (χ2n) is 4.68. The third-order valence-corrected chi connectivity index (χ3v) is 3.49. The van der Waals surface area contributed by atoms with Gasteiger partial charge in [-0.2, -0.15) is 0 Å². The largest absolute Gasteiger partial charge is 0.497 e. The van der Waals surface area contributed by atoms with Crippen LogP contribution in [0.2, 0.25) is 0 Å². The van der Waals surface area contributed by atoms with Gasteiger partial charge in [-0.1, -0.05) is 19.1 Å². The van der Waals surface area contributed by atoms with Gasteiger partial charge in [0.2, 0.25) is 0 Å². The van der Waals surface area contributed by atoms with Crippen LogP contribution in [-0.2, 0) is 0 Å². The van der Waals surface area contributed by atoms with E-state index < -0.39 is 0 Å². The van der Waals surface area contributed by atoms with Gasteiger partial charge >= 0.3 is 0 Å². The number of hydrogen-bond donors (Lipinski definition) is 1. The summed E-state index contributed by atoms with van der Waals surface area (Å²) in [5, 5.41) is 0. The van der Waals surface area contributed by atoms with Crippen LogP contribution in [-0.4, -0.2) is 19.2 Å². The van der Waals surface area contributed by atoms with Crippen molar-refractivity contribution in [3.05, 3.63) is 53.9 Å². The molecule has 1 aromatic carbocycles. The predicted octanol–water partition coefficient (Wildman–Crippen LogP) is 2.90. The normalized spacial score (nSPS) is 13.6. The summed E-state index contributed by atoms with van der Waals surface area (Å²) in [6.45, 7) is 2.07. The summed E-state index contributed by atoms with van der Waals surface area (Å²) >= 11 is 0. The molecule has 0 aliphatic carbocycles. The van der Waals surface area contributed by atoms with E-state index in [1.54, 1.807) is 20.4 Å². The summed E-state index contributed by atoms with van der Waals surface area (Å²) in [5.74, 6) is 1.58.